The van der Waals surface area contributed by atoms with Gasteiger partial charge in [-0.2, -0.15) is 0 Å². The van der Waals surface area contributed by atoms with Crippen molar-refractivity contribution >= 4 is 15.9 Å². The van der Waals surface area contributed by atoms with Gasteiger partial charge in [-0.25, -0.2) is 4.39 Å². The molecule has 0 fully saturated rings. The first kappa shape index (κ1) is 12.7. The van der Waals surface area contributed by atoms with E-state index in [9.17, 15) is 4.39 Å². The second-order valence-electron chi connectivity index (χ2n) is 4.34. The van der Waals surface area contributed by atoms with E-state index in [0.717, 1.165) is 12.0 Å². The monoisotopic (exact) mass is 273 g/mol. The van der Waals surface area contributed by atoms with Gasteiger partial charge < -0.3 is 5.32 Å². The highest BCUT2D eigenvalue weighted by Gasteiger charge is 2.13. The van der Waals surface area contributed by atoms with E-state index in [-0.39, 0.29) is 11.4 Å². The van der Waals surface area contributed by atoms with Gasteiger partial charge in [-0.1, -0.05) is 13.0 Å². The second kappa shape index (κ2) is 5.08. The van der Waals surface area contributed by atoms with Gasteiger partial charge in [-0.3, -0.25) is 0 Å². The topological polar surface area (TPSA) is 12.0 Å². The van der Waals surface area contributed by atoms with Gasteiger partial charge >= 0.3 is 0 Å². The third-order valence-corrected chi connectivity index (χ3v) is 3.28. The predicted molar refractivity (Wildman–Crippen MR) is 65.3 cm³/mol. The Morgan fingerprint density at radius 2 is 2.07 bits per heavy atom. The van der Waals surface area contributed by atoms with E-state index in [1.165, 1.54) is 0 Å². The molecule has 0 atom stereocenters. The Morgan fingerprint density at radius 1 is 1.40 bits per heavy atom. The summed E-state index contributed by atoms with van der Waals surface area (Å²) in [5.74, 6) is -0.205. The summed E-state index contributed by atoms with van der Waals surface area (Å²) in [5.41, 5.74) is 1.07. The average Bonchev–Trinajstić information content (AvgIpc) is 2.20. The van der Waals surface area contributed by atoms with Gasteiger partial charge in [0.05, 0.1) is 4.47 Å². The molecule has 0 saturated heterocycles. The molecule has 0 amide bonds. The first-order chi connectivity index (χ1) is 6.94. The quantitative estimate of drug-likeness (QED) is 0.879. The molecule has 1 rings (SSSR count). The van der Waals surface area contributed by atoms with Crippen molar-refractivity contribution in [2.24, 2.45) is 0 Å². The fourth-order valence-corrected chi connectivity index (χ4v) is 1.36. The summed E-state index contributed by atoms with van der Waals surface area (Å²) in [7, 11) is 0. The SMILES string of the molecule is CCC(C)(C)NCc1ccc(Br)c(F)c1. The van der Waals surface area contributed by atoms with Crippen LogP contribution in [-0.2, 0) is 6.54 Å². The summed E-state index contributed by atoms with van der Waals surface area (Å²) in [4.78, 5) is 0. The Kier molecular flexibility index (Phi) is 4.29. The van der Waals surface area contributed by atoms with Crippen molar-refractivity contribution in [1.82, 2.24) is 5.32 Å². The molecule has 0 heterocycles. The van der Waals surface area contributed by atoms with E-state index in [2.05, 4.69) is 42.0 Å². The fraction of sp³-hybridized carbons (Fsp3) is 0.500. The molecule has 0 radical (unpaired) electrons. The molecule has 0 aliphatic rings. The number of hydrogen-bond donors (Lipinski definition) is 1. The predicted octanol–water partition coefficient (Wildman–Crippen LogP) is 3.87. The van der Waals surface area contributed by atoms with Gasteiger partial charge in [0.25, 0.3) is 0 Å². The van der Waals surface area contributed by atoms with Crippen LogP contribution in [0.4, 0.5) is 4.39 Å². The van der Waals surface area contributed by atoms with Crippen molar-refractivity contribution in [2.45, 2.75) is 39.3 Å². The van der Waals surface area contributed by atoms with Crippen molar-refractivity contribution < 1.29 is 4.39 Å². The molecule has 1 aromatic carbocycles. The van der Waals surface area contributed by atoms with E-state index < -0.39 is 0 Å². The van der Waals surface area contributed by atoms with Crippen molar-refractivity contribution in [1.29, 1.82) is 0 Å². The smallest absolute Gasteiger partial charge is 0.137 e. The van der Waals surface area contributed by atoms with Crippen LogP contribution in [0.5, 0.6) is 0 Å². The third-order valence-electron chi connectivity index (χ3n) is 2.64. The van der Waals surface area contributed by atoms with Gasteiger partial charge in [-0.05, 0) is 53.9 Å². The molecule has 1 aromatic rings. The molecule has 0 bridgehead atoms. The average molecular weight is 274 g/mol. The molecule has 0 saturated carbocycles. The zero-order valence-corrected chi connectivity index (χ0v) is 11.0. The van der Waals surface area contributed by atoms with Crippen LogP contribution in [0.1, 0.15) is 32.8 Å². The highest BCUT2D eigenvalue weighted by Crippen LogP contribution is 2.17. The lowest BCUT2D eigenvalue weighted by molar-refractivity contribution is 0.374. The molecular formula is C12H17BrFN. The standard InChI is InChI=1S/C12H17BrFN/c1-4-12(2,3)15-8-9-5-6-10(13)11(14)7-9/h5-7,15H,4,8H2,1-3H3. The largest absolute Gasteiger partial charge is 0.308 e. The maximum absolute atomic E-state index is 13.2. The van der Waals surface area contributed by atoms with E-state index in [1.807, 2.05) is 6.07 Å². The first-order valence-electron chi connectivity index (χ1n) is 5.13. The maximum atomic E-state index is 13.2. The van der Waals surface area contributed by atoms with Crippen LogP contribution in [-0.4, -0.2) is 5.54 Å². The number of halogens is 2. The molecule has 0 aromatic heterocycles. The minimum atomic E-state index is -0.205. The Hall–Kier alpha value is -0.410. The third kappa shape index (κ3) is 3.92. The van der Waals surface area contributed by atoms with Crippen LogP contribution in [0.25, 0.3) is 0 Å². The maximum Gasteiger partial charge on any atom is 0.137 e. The Balaban J connectivity index is 2.62. The minimum Gasteiger partial charge on any atom is -0.308 e. The van der Waals surface area contributed by atoms with Crippen LogP contribution in [0.2, 0.25) is 0 Å². The Morgan fingerprint density at radius 3 is 2.60 bits per heavy atom. The van der Waals surface area contributed by atoms with Crippen LogP contribution < -0.4 is 5.32 Å². The van der Waals surface area contributed by atoms with Crippen LogP contribution in [0.15, 0.2) is 22.7 Å². The number of hydrogen-bond acceptors (Lipinski definition) is 1. The fourth-order valence-electron chi connectivity index (χ4n) is 1.12. The first-order valence-corrected chi connectivity index (χ1v) is 5.93. The summed E-state index contributed by atoms with van der Waals surface area (Å²) >= 11 is 3.14. The highest BCUT2D eigenvalue weighted by atomic mass is 79.9. The van der Waals surface area contributed by atoms with Gasteiger partial charge in [0, 0.05) is 12.1 Å². The Bertz CT molecular complexity index is 336. The summed E-state index contributed by atoms with van der Waals surface area (Å²) in [5, 5.41) is 3.39. The summed E-state index contributed by atoms with van der Waals surface area (Å²) in [6.45, 7) is 7.12. The molecule has 15 heavy (non-hydrogen) atoms. The molecule has 0 unspecified atom stereocenters. The Labute approximate surface area is 99.2 Å². The van der Waals surface area contributed by atoms with Crippen LogP contribution in [0, 0.1) is 5.82 Å². The number of rotatable bonds is 4. The number of nitrogens with one attached hydrogen (secondary N) is 1. The van der Waals surface area contributed by atoms with Gasteiger partial charge in [0.15, 0.2) is 0 Å². The summed E-state index contributed by atoms with van der Waals surface area (Å²) in [6.07, 6.45) is 1.05. The molecule has 0 aliphatic carbocycles. The van der Waals surface area contributed by atoms with Gasteiger partial charge in [-0.15, -0.1) is 0 Å². The molecule has 1 N–H and O–H groups in total. The minimum absolute atomic E-state index is 0.101. The van der Waals surface area contributed by atoms with E-state index in [4.69, 9.17) is 0 Å². The summed E-state index contributed by atoms with van der Waals surface area (Å²) in [6, 6.07) is 5.22. The van der Waals surface area contributed by atoms with E-state index >= 15 is 0 Å². The van der Waals surface area contributed by atoms with E-state index in [1.54, 1.807) is 12.1 Å². The van der Waals surface area contributed by atoms with Crippen molar-refractivity contribution in [3.8, 4) is 0 Å². The normalized spacial score (nSPS) is 11.8. The zero-order chi connectivity index (χ0) is 11.5. The van der Waals surface area contributed by atoms with Crippen LogP contribution >= 0.6 is 15.9 Å². The van der Waals surface area contributed by atoms with Gasteiger partial charge in [0.1, 0.15) is 5.82 Å². The summed E-state index contributed by atoms with van der Waals surface area (Å²) < 4.78 is 13.7. The molecular weight excluding hydrogens is 257 g/mol. The lowest BCUT2D eigenvalue weighted by atomic mass is 10.0. The molecule has 1 nitrogen and oxygen atoms in total. The van der Waals surface area contributed by atoms with Crippen molar-refractivity contribution in [2.75, 3.05) is 0 Å². The van der Waals surface area contributed by atoms with Crippen molar-refractivity contribution in [3.05, 3.63) is 34.1 Å². The molecule has 0 aliphatic heterocycles. The zero-order valence-electron chi connectivity index (χ0n) is 9.40. The number of benzene rings is 1. The van der Waals surface area contributed by atoms with Crippen molar-refractivity contribution in [3.63, 3.8) is 0 Å². The molecule has 3 heteroatoms. The molecule has 84 valence electrons. The lowest BCUT2D eigenvalue weighted by Crippen LogP contribution is -2.37. The van der Waals surface area contributed by atoms with Gasteiger partial charge in [0.2, 0.25) is 0 Å². The second-order valence-corrected chi connectivity index (χ2v) is 5.19. The highest BCUT2D eigenvalue weighted by molar-refractivity contribution is 9.10. The van der Waals surface area contributed by atoms with Crippen LogP contribution in [0.3, 0.4) is 0 Å². The molecule has 0 spiro atoms. The lowest BCUT2D eigenvalue weighted by Gasteiger charge is -2.24. The van der Waals surface area contributed by atoms with E-state index in [0.29, 0.717) is 11.0 Å².